The van der Waals surface area contributed by atoms with E-state index in [-0.39, 0.29) is 13.1 Å². The highest BCUT2D eigenvalue weighted by molar-refractivity contribution is 7.86. The molecule has 8 heteroatoms. The monoisotopic (exact) mass is 320 g/mol. The van der Waals surface area contributed by atoms with Crippen molar-refractivity contribution in [2.24, 2.45) is 5.92 Å². The summed E-state index contributed by atoms with van der Waals surface area (Å²) in [5.41, 5.74) is -0.941. The lowest BCUT2D eigenvalue weighted by atomic mass is 10.0. The Balaban J connectivity index is 2.04. The summed E-state index contributed by atoms with van der Waals surface area (Å²) >= 11 is 0. The van der Waals surface area contributed by atoms with Crippen LogP contribution in [0.15, 0.2) is 0 Å². The summed E-state index contributed by atoms with van der Waals surface area (Å²) in [4.78, 5) is 11.1. The van der Waals surface area contributed by atoms with Crippen molar-refractivity contribution in [1.82, 2.24) is 8.61 Å². The predicted molar refractivity (Wildman–Crippen MR) is 76.9 cm³/mol. The van der Waals surface area contributed by atoms with E-state index in [0.29, 0.717) is 32.2 Å². The second kappa shape index (κ2) is 6.20. The van der Waals surface area contributed by atoms with E-state index in [1.807, 2.05) is 0 Å². The molecule has 2 rings (SSSR count). The molecule has 0 aromatic carbocycles. The highest BCUT2D eigenvalue weighted by atomic mass is 32.2. The van der Waals surface area contributed by atoms with Crippen molar-refractivity contribution in [3.63, 3.8) is 0 Å². The third-order valence-electron chi connectivity index (χ3n) is 4.50. The average Bonchev–Trinajstić information content (AvgIpc) is 2.85. The molecule has 21 heavy (non-hydrogen) atoms. The Kier molecular flexibility index (Phi) is 4.92. The highest BCUT2D eigenvalue weighted by Gasteiger charge is 2.39. The Morgan fingerprint density at radius 3 is 2.52 bits per heavy atom. The maximum Gasteiger partial charge on any atom is 0.307 e. The van der Waals surface area contributed by atoms with E-state index in [1.54, 1.807) is 0 Å². The fraction of sp³-hybridized carbons (Fsp3) is 0.923. The molecule has 0 radical (unpaired) electrons. The first-order valence-corrected chi connectivity index (χ1v) is 8.81. The second-order valence-electron chi connectivity index (χ2n) is 6.23. The fourth-order valence-corrected chi connectivity index (χ4v) is 4.76. The molecular formula is C13H24N2O5S. The number of piperidine rings is 1. The number of carboxylic acids is 1. The molecule has 0 aromatic rings. The van der Waals surface area contributed by atoms with Gasteiger partial charge in [0.15, 0.2) is 0 Å². The van der Waals surface area contributed by atoms with Crippen molar-refractivity contribution >= 4 is 16.2 Å². The number of carbonyl (C=O) groups is 1. The lowest BCUT2D eigenvalue weighted by molar-refractivity contribution is -0.142. The predicted octanol–water partition coefficient (Wildman–Crippen LogP) is 0.265. The molecule has 0 bridgehead atoms. The van der Waals surface area contributed by atoms with E-state index < -0.39 is 27.7 Å². The zero-order valence-electron chi connectivity index (χ0n) is 12.4. The summed E-state index contributed by atoms with van der Waals surface area (Å²) in [5.74, 6) is -1.59. The van der Waals surface area contributed by atoms with Crippen LogP contribution < -0.4 is 0 Å². The van der Waals surface area contributed by atoms with Gasteiger partial charge in [-0.1, -0.05) is 12.8 Å². The fourth-order valence-electron chi connectivity index (χ4n) is 3.24. The van der Waals surface area contributed by atoms with Gasteiger partial charge < -0.3 is 10.2 Å². The molecule has 2 fully saturated rings. The van der Waals surface area contributed by atoms with Crippen molar-refractivity contribution < 1.29 is 23.4 Å². The first-order chi connectivity index (χ1) is 9.74. The van der Waals surface area contributed by atoms with E-state index in [0.717, 1.165) is 12.8 Å². The lowest BCUT2D eigenvalue weighted by Gasteiger charge is -2.35. The van der Waals surface area contributed by atoms with E-state index in [9.17, 15) is 18.3 Å². The summed E-state index contributed by atoms with van der Waals surface area (Å²) in [7, 11) is -2.26. The minimum absolute atomic E-state index is 0.0143. The quantitative estimate of drug-likeness (QED) is 0.757. The van der Waals surface area contributed by atoms with E-state index in [1.165, 1.54) is 15.7 Å². The summed E-state index contributed by atoms with van der Waals surface area (Å²) in [6.45, 7) is 0.429. The van der Waals surface area contributed by atoms with Crippen molar-refractivity contribution in [3.05, 3.63) is 0 Å². The Labute approximate surface area is 125 Å². The van der Waals surface area contributed by atoms with E-state index >= 15 is 0 Å². The van der Waals surface area contributed by atoms with Crippen molar-refractivity contribution in [3.8, 4) is 0 Å². The zero-order chi connectivity index (χ0) is 15.7. The van der Waals surface area contributed by atoms with Gasteiger partial charge >= 0.3 is 5.97 Å². The maximum atomic E-state index is 12.5. The molecule has 2 N–H and O–H groups in total. The molecule has 2 aliphatic rings. The van der Waals surface area contributed by atoms with Crippen LogP contribution >= 0.6 is 0 Å². The number of nitrogens with zero attached hydrogens (tertiary/aromatic N) is 2. The van der Waals surface area contributed by atoms with Crippen molar-refractivity contribution in [2.45, 2.75) is 44.1 Å². The molecule has 1 aliphatic heterocycles. The van der Waals surface area contributed by atoms with Crippen LogP contribution in [0.5, 0.6) is 0 Å². The SMILES string of the molecule is CN(CC1(O)CCCC1)S(=O)(=O)N1CCCC(C(=O)O)C1. The van der Waals surface area contributed by atoms with Crippen LogP contribution in [0.2, 0.25) is 0 Å². The lowest BCUT2D eigenvalue weighted by Crippen LogP contribution is -2.51. The van der Waals surface area contributed by atoms with Gasteiger partial charge in [-0.2, -0.15) is 17.0 Å². The summed E-state index contributed by atoms with van der Waals surface area (Å²) in [6, 6.07) is 0. The van der Waals surface area contributed by atoms with Crippen LogP contribution in [0.4, 0.5) is 0 Å². The second-order valence-corrected chi connectivity index (χ2v) is 8.27. The summed E-state index contributed by atoms with van der Waals surface area (Å²) in [6.07, 6.45) is 4.11. The van der Waals surface area contributed by atoms with Crippen LogP contribution in [0, 0.1) is 5.92 Å². The molecule has 1 atom stereocenters. The molecule has 7 nitrogen and oxygen atoms in total. The van der Waals surface area contributed by atoms with Gasteiger partial charge in [0.05, 0.1) is 11.5 Å². The topological polar surface area (TPSA) is 98.2 Å². The molecule has 1 unspecified atom stereocenters. The number of rotatable bonds is 5. The van der Waals surface area contributed by atoms with Crippen molar-refractivity contribution in [1.29, 1.82) is 0 Å². The van der Waals surface area contributed by atoms with Gasteiger partial charge in [0.1, 0.15) is 0 Å². The van der Waals surface area contributed by atoms with Gasteiger partial charge in [-0.05, 0) is 25.7 Å². The van der Waals surface area contributed by atoms with Crippen LogP contribution in [0.1, 0.15) is 38.5 Å². The number of aliphatic carboxylic acids is 1. The maximum absolute atomic E-state index is 12.5. The van der Waals surface area contributed by atoms with Gasteiger partial charge in [-0.15, -0.1) is 0 Å². The third kappa shape index (κ3) is 3.74. The van der Waals surface area contributed by atoms with Crippen LogP contribution in [0.25, 0.3) is 0 Å². The van der Waals surface area contributed by atoms with Crippen LogP contribution in [-0.4, -0.2) is 65.5 Å². The minimum atomic E-state index is -3.71. The Hall–Kier alpha value is -0.700. The molecule has 1 heterocycles. The Bertz CT molecular complexity index is 487. The number of likely N-dealkylation sites (N-methyl/N-ethyl adjacent to an activating group) is 1. The van der Waals surface area contributed by atoms with Gasteiger partial charge in [0.2, 0.25) is 0 Å². The van der Waals surface area contributed by atoms with E-state index in [2.05, 4.69) is 0 Å². The molecule has 0 aromatic heterocycles. The third-order valence-corrected chi connectivity index (χ3v) is 6.41. The Morgan fingerprint density at radius 1 is 1.33 bits per heavy atom. The first-order valence-electron chi connectivity index (χ1n) is 7.41. The molecule has 1 saturated carbocycles. The average molecular weight is 320 g/mol. The van der Waals surface area contributed by atoms with Gasteiger partial charge in [0.25, 0.3) is 10.2 Å². The number of carboxylic acid groups (broad SMARTS) is 1. The minimum Gasteiger partial charge on any atom is -0.481 e. The van der Waals surface area contributed by atoms with E-state index in [4.69, 9.17) is 5.11 Å². The first kappa shape index (κ1) is 16.7. The molecule has 1 aliphatic carbocycles. The highest BCUT2D eigenvalue weighted by Crippen LogP contribution is 2.31. The number of aliphatic hydroxyl groups is 1. The van der Waals surface area contributed by atoms with Gasteiger partial charge in [-0.25, -0.2) is 0 Å². The standard InChI is InChI=1S/C13H24N2O5S/c1-14(10-13(18)6-2-3-7-13)21(19,20)15-8-4-5-11(9-15)12(16)17/h11,18H,2-10H2,1H3,(H,16,17). The molecule has 122 valence electrons. The number of hydrogen-bond donors (Lipinski definition) is 2. The molecule has 0 amide bonds. The smallest absolute Gasteiger partial charge is 0.307 e. The van der Waals surface area contributed by atoms with Crippen LogP contribution in [0.3, 0.4) is 0 Å². The largest absolute Gasteiger partial charge is 0.481 e. The van der Waals surface area contributed by atoms with Crippen molar-refractivity contribution in [2.75, 3.05) is 26.7 Å². The summed E-state index contributed by atoms with van der Waals surface area (Å²) in [5, 5.41) is 19.4. The zero-order valence-corrected chi connectivity index (χ0v) is 13.2. The number of hydrogen-bond acceptors (Lipinski definition) is 4. The van der Waals surface area contributed by atoms with Gasteiger partial charge in [-0.3, -0.25) is 4.79 Å². The van der Waals surface area contributed by atoms with Crippen LogP contribution in [-0.2, 0) is 15.0 Å². The molecule has 0 spiro atoms. The molecule has 1 saturated heterocycles. The van der Waals surface area contributed by atoms with Gasteiger partial charge in [0, 0.05) is 26.7 Å². The normalized spacial score (nSPS) is 27.1. The summed E-state index contributed by atoms with van der Waals surface area (Å²) < 4.78 is 27.5. The Morgan fingerprint density at radius 2 is 1.95 bits per heavy atom. The molecular weight excluding hydrogens is 296 g/mol.